The zero-order valence-corrected chi connectivity index (χ0v) is 18.7. The zero-order valence-electron chi connectivity index (χ0n) is 15.6. The van der Waals surface area contributed by atoms with Crippen molar-refractivity contribution >= 4 is 41.3 Å². The fourth-order valence-electron chi connectivity index (χ4n) is 2.82. The quantitative estimate of drug-likeness (QED) is 0.232. The van der Waals surface area contributed by atoms with Gasteiger partial charge < -0.3 is 15.4 Å². The van der Waals surface area contributed by atoms with Gasteiger partial charge in [-0.2, -0.15) is 0 Å². The van der Waals surface area contributed by atoms with Crippen molar-refractivity contribution in [2.45, 2.75) is 64.9 Å². The first-order chi connectivity index (χ1) is 11.8. The molecule has 1 aromatic heterocycles. The highest BCUT2D eigenvalue weighted by molar-refractivity contribution is 14.0. The first kappa shape index (κ1) is 22.6. The minimum absolute atomic E-state index is 0. The van der Waals surface area contributed by atoms with Crippen LogP contribution in [0.2, 0.25) is 0 Å². The van der Waals surface area contributed by atoms with E-state index in [1.54, 1.807) is 11.3 Å². The number of nitrogens with one attached hydrogen (secondary N) is 2. The van der Waals surface area contributed by atoms with Gasteiger partial charge in [-0.1, -0.05) is 19.8 Å². The van der Waals surface area contributed by atoms with Crippen molar-refractivity contribution in [1.82, 2.24) is 15.6 Å². The van der Waals surface area contributed by atoms with Crippen molar-refractivity contribution in [3.8, 4) is 0 Å². The molecule has 1 heterocycles. The largest absolute Gasteiger partial charge is 0.378 e. The molecule has 1 saturated carbocycles. The maximum Gasteiger partial charge on any atom is 0.191 e. The lowest BCUT2D eigenvalue weighted by atomic mass is 10.3. The van der Waals surface area contributed by atoms with Crippen molar-refractivity contribution in [3.63, 3.8) is 0 Å². The third kappa shape index (κ3) is 9.19. The topological polar surface area (TPSA) is 58.5 Å². The molecule has 0 aromatic carbocycles. The van der Waals surface area contributed by atoms with Gasteiger partial charge in [-0.3, -0.25) is 4.99 Å². The van der Waals surface area contributed by atoms with Crippen molar-refractivity contribution in [2.24, 2.45) is 4.99 Å². The molecule has 7 heteroatoms. The van der Waals surface area contributed by atoms with Crippen LogP contribution in [0.25, 0.3) is 0 Å². The van der Waals surface area contributed by atoms with E-state index in [1.807, 2.05) is 6.20 Å². The molecule has 0 radical (unpaired) electrons. The number of hydrogen-bond donors (Lipinski definition) is 2. The van der Waals surface area contributed by atoms with E-state index in [1.165, 1.54) is 35.6 Å². The van der Waals surface area contributed by atoms with Gasteiger partial charge in [0, 0.05) is 43.7 Å². The van der Waals surface area contributed by atoms with Crippen LogP contribution in [0.3, 0.4) is 0 Å². The highest BCUT2D eigenvalue weighted by atomic mass is 127. The fraction of sp³-hybridized carbons (Fsp3) is 0.778. The zero-order chi connectivity index (χ0) is 17.0. The summed E-state index contributed by atoms with van der Waals surface area (Å²) in [7, 11) is 0. The predicted molar refractivity (Wildman–Crippen MR) is 117 cm³/mol. The summed E-state index contributed by atoms with van der Waals surface area (Å²) in [6.45, 7) is 7.63. The number of halogens is 1. The highest BCUT2D eigenvalue weighted by Crippen LogP contribution is 2.20. The normalized spacial score (nSPS) is 15.2. The average molecular weight is 480 g/mol. The van der Waals surface area contributed by atoms with Gasteiger partial charge in [-0.05, 0) is 32.6 Å². The predicted octanol–water partition coefficient (Wildman–Crippen LogP) is 3.77. The molecule has 2 rings (SSSR count). The summed E-state index contributed by atoms with van der Waals surface area (Å²) in [6, 6.07) is 0. The molecule has 0 amide bonds. The molecule has 144 valence electrons. The molecule has 5 nitrogen and oxygen atoms in total. The van der Waals surface area contributed by atoms with Gasteiger partial charge >= 0.3 is 0 Å². The van der Waals surface area contributed by atoms with Crippen LogP contribution in [0.1, 0.15) is 55.8 Å². The molecule has 1 aliphatic rings. The summed E-state index contributed by atoms with van der Waals surface area (Å²) in [6.07, 6.45) is 10.6. The molecule has 0 aliphatic heterocycles. The van der Waals surface area contributed by atoms with Gasteiger partial charge in [0.25, 0.3) is 0 Å². The third-order valence-corrected chi connectivity index (χ3v) is 5.35. The molecule has 1 aliphatic carbocycles. The Balaban J connectivity index is 0.00000312. The third-order valence-electron chi connectivity index (χ3n) is 4.15. The molecule has 0 bridgehead atoms. The Bertz CT molecular complexity index is 489. The summed E-state index contributed by atoms with van der Waals surface area (Å²) in [5.74, 6) is 0.894. The SMILES string of the molecule is CCNC(=NCCCOC1CCCC1)NCCc1ncc(CC)s1.I. The van der Waals surface area contributed by atoms with E-state index in [2.05, 4.69) is 34.5 Å². The van der Waals surface area contributed by atoms with Crippen LogP contribution in [0.15, 0.2) is 11.2 Å². The summed E-state index contributed by atoms with van der Waals surface area (Å²) < 4.78 is 5.88. The van der Waals surface area contributed by atoms with Gasteiger partial charge in [0.2, 0.25) is 0 Å². The van der Waals surface area contributed by atoms with Gasteiger partial charge in [-0.25, -0.2) is 4.98 Å². The minimum Gasteiger partial charge on any atom is -0.378 e. The number of aromatic nitrogens is 1. The van der Waals surface area contributed by atoms with Crippen LogP contribution in [0, 0.1) is 0 Å². The molecular weight excluding hydrogens is 447 g/mol. The number of thiazole rings is 1. The average Bonchev–Trinajstić information content (AvgIpc) is 3.26. The molecule has 25 heavy (non-hydrogen) atoms. The lowest BCUT2D eigenvalue weighted by Gasteiger charge is -2.12. The van der Waals surface area contributed by atoms with Crippen LogP contribution >= 0.6 is 35.3 Å². The Kier molecular flexibility index (Phi) is 12.4. The lowest BCUT2D eigenvalue weighted by molar-refractivity contribution is 0.0579. The first-order valence-electron chi connectivity index (χ1n) is 9.39. The van der Waals surface area contributed by atoms with Gasteiger partial charge in [0.15, 0.2) is 5.96 Å². The van der Waals surface area contributed by atoms with Crippen LogP contribution < -0.4 is 10.6 Å². The number of ether oxygens (including phenoxy) is 1. The van der Waals surface area contributed by atoms with Crippen LogP contribution in [0.5, 0.6) is 0 Å². The fourth-order valence-corrected chi connectivity index (χ4v) is 3.68. The Labute approximate surface area is 173 Å². The Morgan fingerprint density at radius 3 is 2.80 bits per heavy atom. The second kappa shape index (κ2) is 13.7. The minimum atomic E-state index is 0. The highest BCUT2D eigenvalue weighted by Gasteiger charge is 2.14. The molecule has 1 aromatic rings. The molecule has 0 saturated heterocycles. The van der Waals surface area contributed by atoms with Crippen molar-refractivity contribution in [2.75, 3.05) is 26.2 Å². The Morgan fingerprint density at radius 2 is 2.12 bits per heavy atom. The monoisotopic (exact) mass is 480 g/mol. The number of nitrogens with zero attached hydrogens (tertiary/aromatic N) is 2. The maximum atomic E-state index is 5.88. The maximum absolute atomic E-state index is 5.88. The van der Waals surface area contributed by atoms with Crippen molar-refractivity contribution in [3.05, 3.63) is 16.1 Å². The lowest BCUT2D eigenvalue weighted by Crippen LogP contribution is -2.38. The first-order valence-corrected chi connectivity index (χ1v) is 10.2. The molecule has 1 fully saturated rings. The van der Waals surface area contributed by atoms with E-state index in [0.29, 0.717) is 6.10 Å². The Morgan fingerprint density at radius 1 is 1.32 bits per heavy atom. The molecule has 0 unspecified atom stereocenters. The standard InChI is InChI=1S/C18H32N4OS.HI/c1-3-16-14-22-17(24-16)10-12-21-18(19-4-2)20-11-7-13-23-15-8-5-6-9-15;/h14-15H,3-13H2,1-2H3,(H2,19,20,21);1H. The smallest absolute Gasteiger partial charge is 0.191 e. The van der Waals surface area contributed by atoms with Gasteiger partial charge in [0.05, 0.1) is 11.1 Å². The van der Waals surface area contributed by atoms with Gasteiger partial charge in [0.1, 0.15) is 0 Å². The number of rotatable bonds is 10. The number of aliphatic imine (C=N–C) groups is 1. The molecule has 0 atom stereocenters. The number of hydrogen-bond acceptors (Lipinski definition) is 4. The van der Waals surface area contributed by atoms with E-state index in [-0.39, 0.29) is 24.0 Å². The van der Waals surface area contributed by atoms with Gasteiger partial charge in [-0.15, -0.1) is 35.3 Å². The van der Waals surface area contributed by atoms with Crippen molar-refractivity contribution in [1.29, 1.82) is 0 Å². The number of aryl methyl sites for hydroxylation is 1. The second-order valence-electron chi connectivity index (χ2n) is 6.14. The summed E-state index contributed by atoms with van der Waals surface area (Å²) in [5, 5.41) is 7.89. The molecule has 0 spiro atoms. The van der Waals surface area contributed by atoms with Crippen molar-refractivity contribution < 1.29 is 4.74 Å². The van der Waals surface area contributed by atoms with Crippen LogP contribution in [-0.2, 0) is 17.6 Å². The summed E-state index contributed by atoms with van der Waals surface area (Å²) >= 11 is 1.81. The second-order valence-corrected chi connectivity index (χ2v) is 7.34. The van der Waals surface area contributed by atoms with E-state index in [4.69, 9.17) is 4.74 Å². The Hall–Kier alpha value is -0.410. The summed E-state index contributed by atoms with van der Waals surface area (Å²) in [4.78, 5) is 10.4. The molecular formula is C18H33IN4OS. The summed E-state index contributed by atoms with van der Waals surface area (Å²) in [5.41, 5.74) is 0. The molecule has 2 N–H and O–H groups in total. The van der Waals surface area contributed by atoms with Crippen LogP contribution in [0.4, 0.5) is 0 Å². The van der Waals surface area contributed by atoms with E-state index >= 15 is 0 Å². The van der Waals surface area contributed by atoms with Crippen LogP contribution in [-0.4, -0.2) is 43.3 Å². The van der Waals surface area contributed by atoms with E-state index < -0.39 is 0 Å². The van der Waals surface area contributed by atoms with E-state index in [9.17, 15) is 0 Å². The van der Waals surface area contributed by atoms with E-state index in [0.717, 1.165) is 51.5 Å². The number of guanidine groups is 1.